The molecule has 6 aromatic rings. The molecule has 44 heavy (non-hydrogen) atoms. The highest BCUT2D eigenvalue weighted by Crippen LogP contribution is 2.36. The molecule has 1 saturated carbocycles. The Kier molecular flexibility index (Phi) is 7.83. The zero-order valence-corrected chi connectivity index (χ0v) is 25.3. The lowest BCUT2D eigenvalue weighted by Crippen LogP contribution is -2.20. The minimum atomic E-state index is -0.266. The topological polar surface area (TPSA) is 85.5 Å². The average Bonchev–Trinajstić information content (AvgIpc) is 3.65. The molecule has 0 radical (unpaired) electrons. The van der Waals surface area contributed by atoms with E-state index in [1.165, 1.54) is 37.7 Å². The fourth-order valence-electron chi connectivity index (χ4n) is 6.56. The standard InChI is InChI=1S/C36H38FN7/c1-44(2)12-11-39-29-16-25(15-28(37)18-29)30-9-6-10-33-31(30)19-34(41-33)35-32-17-27(22-40-36(32)43-42-35)26-14-24(20-38-21-26)13-23-7-4-3-5-8-23/h6,9-10,14-23,39,41H,3-5,7-8,11-13H2,1-2H3,(H,40,42,43). The number of halogens is 1. The molecule has 1 aliphatic carbocycles. The normalized spacial score (nSPS) is 14.2. The minimum absolute atomic E-state index is 0.266. The van der Waals surface area contributed by atoms with Crippen molar-refractivity contribution in [2.24, 2.45) is 5.92 Å². The van der Waals surface area contributed by atoms with Gasteiger partial charge in [0, 0.05) is 64.8 Å². The lowest BCUT2D eigenvalue weighted by Gasteiger charge is -2.21. The maximum absolute atomic E-state index is 14.7. The molecular weight excluding hydrogens is 549 g/mol. The zero-order chi connectivity index (χ0) is 30.0. The third-order valence-corrected chi connectivity index (χ3v) is 8.82. The molecule has 0 amide bonds. The Labute approximate surface area is 256 Å². The number of fused-ring (bicyclic) bond motifs is 2. The summed E-state index contributed by atoms with van der Waals surface area (Å²) in [5, 5.41) is 13.0. The highest BCUT2D eigenvalue weighted by Gasteiger charge is 2.17. The van der Waals surface area contributed by atoms with Gasteiger partial charge in [-0.3, -0.25) is 10.1 Å². The first-order valence-corrected chi connectivity index (χ1v) is 15.6. The minimum Gasteiger partial charge on any atom is -0.384 e. The highest BCUT2D eigenvalue weighted by atomic mass is 19.1. The predicted octanol–water partition coefficient (Wildman–Crippen LogP) is 8.07. The quantitative estimate of drug-likeness (QED) is 0.159. The van der Waals surface area contributed by atoms with Crippen molar-refractivity contribution in [1.82, 2.24) is 30.0 Å². The van der Waals surface area contributed by atoms with E-state index in [0.29, 0.717) is 5.65 Å². The van der Waals surface area contributed by atoms with Gasteiger partial charge in [-0.25, -0.2) is 9.37 Å². The molecule has 0 bridgehead atoms. The molecule has 7 nitrogen and oxygen atoms in total. The van der Waals surface area contributed by atoms with E-state index in [9.17, 15) is 4.39 Å². The van der Waals surface area contributed by atoms with E-state index in [1.807, 2.05) is 57.0 Å². The van der Waals surface area contributed by atoms with E-state index < -0.39 is 0 Å². The molecule has 4 heterocycles. The second-order valence-corrected chi connectivity index (χ2v) is 12.4. The van der Waals surface area contributed by atoms with Crippen LogP contribution in [0, 0.1) is 11.7 Å². The van der Waals surface area contributed by atoms with Gasteiger partial charge in [-0.1, -0.05) is 44.2 Å². The number of aromatic amines is 2. The number of likely N-dealkylation sites (N-methyl/N-ethyl adjacent to an activating group) is 1. The van der Waals surface area contributed by atoms with Crippen LogP contribution in [0.5, 0.6) is 0 Å². The van der Waals surface area contributed by atoms with Crippen LogP contribution in [0.3, 0.4) is 0 Å². The molecule has 0 unspecified atom stereocenters. The van der Waals surface area contributed by atoms with Gasteiger partial charge < -0.3 is 15.2 Å². The highest BCUT2D eigenvalue weighted by molar-refractivity contribution is 6.01. The van der Waals surface area contributed by atoms with E-state index in [4.69, 9.17) is 0 Å². The summed E-state index contributed by atoms with van der Waals surface area (Å²) in [4.78, 5) is 14.9. The van der Waals surface area contributed by atoms with Crippen LogP contribution in [-0.4, -0.2) is 57.2 Å². The average molecular weight is 588 g/mol. The summed E-state index contributed by atoms with van der Waals surface area (Å²) >= 11 is 0. The number of benzene rings is 2. The molecule has 0 aliphatic heterocycles. The Hall–Kier alpha value is -4.56. The maximum Gasteiger partial charge on any atom is 0.181 e. The Bertz CT molecular complexity index is 1920. The van der Waals surface area contributed by atoms with E-state index in [1.54, 1.807) is 12.1 Å². The van der Waals surface area contributed by atoms with Crippen molar-refractivity contribution in [3.63, 3.8) is 0 Å². The SMILES string of the molecule is CN(C)CCNc1cc(F)cc(-c2cccc3[nH]c(-c4[nH]nc5ncc(-c6cncc(CC7CCCCC7)c6)cc45)cc23)c1. The molecule has 224 valence electrons. The van der Waals surface area contributed by atoms with Gasteiger partial charge in [-0.15, -0.1) is 0 Å². The fourth-order valence-corrected chi connectivity index (χ4v) is 6.56. The van der Waals surface area contributed by atoms with Crippen molar-refractivity contribution in [3.05, 3.63) is 84.6 Å². The van der Waals surface area contributed by atoms with Gasteiger partial charge >= 0.3 is 0 Å². The number of nitrogens with one attached hydrogen (secondary N) is 3. The molecule has 0 saturated heterocycles. The first-order valence-electron chi connectivity index (χ1n) is 15.6. The summed E-state index contributed by atoms with van der Waals surface area (Å²) in [6.45, 7) is 1.60. The number of aromatic nitrogens is 5. The van der Waals surface area contributed by atoms with Gasteiger partial charge in [0.2, 0.25) is 0 Å². The van der Waals surface area contributed by atoms with Crippen LogP contribution < -0.4 is 5.32 Å². The predicted molar refractivity (Wildman–Crippen MR) is 177 cm³/mol. The third kappa shape index (κ3) is 5.95. The van der Waals surface area contributed by atoms with E-state index in [-0.39, 0.29) is 5.82 Å². The molecule has 8 heteroatoms. The van der Waals surface area contributed by atoms with E-state index in [0.717, 1.165) is 81.0 Å². The number of nitrogens with zero attached hydrogens (tertiary/aromatic N) is 4. The zero-order valence-electron chi connectivity index (χ0n) is 25.3. The summed E-state index contributed by atoms with van der Waals surface area (Å²) in [6.07, 6.45) is 13.6. The summed E-state index contributed by atoms with van der Waals surface area (Å²) in [6, 6.07) is 17.8. The lowest BCUT2D eigenvalue weighted by atomic mass is 9.85. The van der Waals surface area contributed by atoms with Gasteiger partial charge in [-0.2, -0.15) is 5.10 Å². The number of anilines is 1. The van der Waals surface area contributed by atoms with Crippen molar-refractivity contribution in [2.45, 2.75) is 38.5 Å². The Balaban J connectivity index is 1.21. The van der Waals surface area contributed by atoms with Gasteiger partial charge in [0.1, 0.15) is 5.82 Å². The first-order chi connectivity index (χ1) is 21.5. The van der Waals surface area contributed by atoms with Crippen LogP contribution in [0.4, 0.5) is 10.1 Å². The van der Waals surface area contributed by atoms with E-state index >= 15 is 0 Å². The lowest BCUT2D eigenvalue weighted by molar-refractivity contribution is 0.356. The molecule has 1 fully saturated rings. The monoisotopic (exact) mass is 587 g/mol. The van der Waals surface area contributed by atoms with Gasteiger partial charge in [0.15, 0.2) is 5.65 Å². The van der Waals surface area contributed by atoms with Crippen LogP contribution in [0.25, 0.3) is 55.6 Å². The molecule has 1 aliphatic rings. The van der Waals surface area contributed by atoms with Crippen molar-refractivity contribution >= 4 is 27.6 Å². The van der Waals surface area contributed by atoms with E-state index in [2.05, 4.69) is 53.6 Å². The van der Waals surface area contributed by atoms with Gasteiger partial charge in [-0.05, 0) is 85.6 Å². The number of rotatable bonds is 9. The fraction of sp³-hybridized carbons (Fsp3) is 0.306. The largest absolute Gasteiger partial charge is 0.384 e. The molecule has 4 aromatic heterocycles. The van der Waals surface area contributed by atoms with Crippen molar-refractivity contribution in [1.29, 1.82) is 0 Å². The Morgan fingerprint density at radius 2 is 1.77 bits per heavy atom. The van der Waals surface area contributed by atoms with Crippen molar-refractivity contribution in [2.75, 3.05) is 32.5 Å². The Morgan fingerprint density at radius 1 is 0.909 bits per heavy atom. The molecule has 3 N–H and O–H groups in total. The van der Waals surface area contributed by atoms with Gasteiger partial charge in [0.05, 0.1) is 11.4 Å². The Morgan fingerprint density at radius 3 is 2.64 bits per heavy atom. The van der Waals surface area contributed by atoms with Crippen LogP contribution >= 0.6 is 0 Å². The maximum atomic E-state index is 14.7. The van der Waals surface area contributed by atoms with Crippen LogP contribution in [0.1, 0.15) is 37.7 Å². The number of hydrogen-bond donors (Lipinski definition) is 3. The third-order valence-electron chi connectivity index (χ3n) is 8.82. The molecule has 0 atom stereocenters. The summed E-state index contributed by atoms with van der Waals surface area (Å²) in [5.74, 6) is 0.491. The van der Waals surface area contributed by atoms with Crippen molar-refractivity contribution < 1.29 is 4.39 Å². The number of H-pyrrole nitrogens is 2. The van der Waals surface area contributed by atoms with Crippen LogP contribution in [0.15, 0.2) is 73.2 Å². The molecule has 0 spiro atoms. The molecule has 7 rings (SSSR count). The second-order valence-electron chi connectivity index (χ2n) is 12.4. The van der Waals surface area contributed by atoms with Crippen LogP contribution in [0.2, 0.25) is 0 Å². The molecular formula is C36H38FN7. The van der Waals surface area contributed by atoms with Crippen LogP contribution in [-0.2, 0) is 6.42 Å². The smallest absolute Gasteiger partial charge is 0.181 e. The van der Waals surface area contributed by atoms with Gasteiger partial charge in [0.25, 0.3) is 0 Å². The number of hydrogen-bond acceptors (Lipinski definition) is 5. The second kappa shape index (κ2) is 12.2. The molecule has 2 aromatic carbocycles. The summed E-state index contributed by atoms with van der Waals surface area (Å²) in [5.41, 5.74) is 9.33. The van der Waals surface area contributed by atoms with Crippen molar-refractivity contribution in [3.8, 4) is 33.6 Å². The number of pyridine rings is 2. The summed E-state index contributed by atoms with van der Waals surface area (Å²) < 4.78 is 14.7. The summed E-state index contributed by atoms with van der Waals surface area (Å²) in [7, 11) is 4.05. The first kappa shape index (κ1) is 28.2.